The van der Waals surface area contributed by atoms with E-state index in [1.807, 2.05) is 27.0 Å². The summed E-state index contributed by atoms with van der Waals surface area (Å²) in [5, 5.41) is 4.08. The van der Waals surface area contributed by atoms with Crippen molar-refractivity contribution in [1.82, 2.24) is 5.32 Å². The van der Waals surface area contributed by atoms with Crippen LogP contribution in [0.1, 0.15) is 62.6 Å². The molecule has 34 heavy (non-hydrogen) atoms. The molecule has 0 saturated carbocycles. The molecule has 1 aliphatic carbocycles. The molecule has 0 fully saturated rings. The summed E-state index contributed by atoms with van der Waals surface area (Å²) in [7, 11) is 0. The number of ether oxygens (including phenoxy) is 1. The van der Waals surface area contributed by atoms with Gasteiger partial charge in [0.1, 0.15) is 11.3 Å². The molecule has 0 bridgehead atoms. The molecule has 0 spiro atoms. The number of furan rings is 1. The highest BCUT2D eigenvalue weighted by Gasteiger charge is 2.19. The smallest absolute Gasteiger partial charge is 0.244 e. The highest BCUT2D eigenvalue weighted by atomic mass is 16.5. The van der Waals surface area contributed by atoms with Gasteiger partial charge in [-0.2, -0.15) is 0 Å². The van der Waals surface area contributed by atoms with E-state index in [-0.39, 0.29) is 5.91 Å². The number of hydrogen-bond acceptors (Lipinski definition) is 3. The number of fused-ring (bicyclic) bond motifs is 1. The molecule has 3 aromatic rings. The SMILES string of the molecule is CCOc1c(/C(C)=C/C(=O)NCCC2=CCCCC2)cc2c(-c3ccc(C)cc3)coc2c1C. The fourth-order valence-electron chi connectivity index (χ4n) is 4.70. The number of nitrogens with one attached hydrogen (secondary N) is 1. The maximum atomic E-state index is 12.7. The lowest BCUT2D eigenvalue weighted by atomic mass is 9.96. The van der Waals surface area contributed by atoms with Crippen LogP contribution in [0.25, 0.3) is 27.7 Å². The first kappa shape index (κ1) is 23.9. The Balaban J connectivity index is 1.63. The van der Waals surface area contributed by atoms with Gasteiger partial charge in [-0.3, -0.25) is 4.79 Å². The summed E-state index contributed by atoms with van der Waals surface area (Å²) >= 11 is 0. The number of carbonyl (C=O) groups is 1. The van der Waals surface area contributed by atoms with E-state index >= 15 is 0 Å². The lowest BCUT2D eigenvalue weighted by Crippen LogP contribution is -2.23. The van der Waals surface area contributed by atoms with Crippen molar-refractivity contribution < 1.29 is 13.9 Å². The highest BCUT2D eigenvalue weighted by Crippen LogP contribution is 2.40. The number of allylic oxidation sites excluding steroid dienone is 2. The van der Waals surface area contributed by atoms with Gasteiger partial charge in [0.05, 0.1) is 12.9 Å². The Morgan fingerprint density at radius 1 is 1.18 bits per heavy atom. The molecule has 0 aliphatic heterocycles. The van der Waals surface area contributed by atoms with Gasteiger partial charge in [-0.25, -0.2) is 0 Å². The summed E-state index contributed by atoms with van der Waals surface area (Å²) in [6.07, 6.45) is 11.6. The van der Waals surface area contributed by atoms with E-state index < -0.39 is 0 Å². The molecule has 0 saturated heterocycles. The fraction of sp³-hybridized carbons (Fsp3) is 0.367. The van der Waals surface area contributed by atoms with E-state index in [0.29, 0.717) is 13.2 Å². The summed E-state index contributed by atoms with van der Waals surface area (Å²) in [6.45, 7) is 9.25. The van der Waals surface area contributed by atoms with E-state index in [4.69, 9.17) is 9.15 Å². The average molecular weight is 458 g/mol. The van der Waals surface area contributed by atoms with E-state index in [1.165, 1.54) is 30.4 Å². The standard InChI is InChI=1S/C30H35NO3/c1-5-33-29-22(4)30-26(27(19-34-30)24-13-11-20(2)12-14-24)18-25(29)21(3)17-28(32)31-16-15-23-9-7-6-8-10-23/h9,11-14,17-19H,5-8,10,15-16H2,1-4H3,(H,31,32)/b21-17+. The summed E-state index contributed by atoms with van der Waals surface area (Å²) in [5.41, 5.74) is 8.40. The molecular formula is C30H35NO3. The van der Waals surface area contributed by atoms with Crippen LogP contribution in [-0.2, 0) is 4.79 Å². The van der Waals surface area contributed by atoms with Crippen molar-refractivity contribution in [3.05, 3.63) is 71.0 Å². The third-order valence-electron chi connectivity index (χ3n) is 6.60. The van der Waals surface area contributed by atoms with Crippen LogP contribution in [0, 0.1) is 13.8 Å². The third-order valence-corrected chi connectivity index (χ3v) is 6.60. The lowest BCUT2D eigenvalue weighted by Gasteiger charge is -2.15. The Morgan fingerprint density at radius 3 is 2.68 bits per heavy atom. The van der Waals surface area contributed by atoms with Crippen LogP contribution in [0.2, 0.25) is 0 Å². The van der Waals surface area contributed by atoms with Gasteiger partial charge in [0, 0.05) is 34.7 Å². The monoisotopic (exact) mass is 457 g/mol. The number of rotatable bonds is 8. The molecule has 4 heteroatoms. The van der Waals surface area contributed by atoms with Crippen molar-refractivity contribution >= 4 is 22.4 Å². The molecule has 1 heterocycles. The van der Waals surface area contributed by atoms with Gasteiger partial charge in [-0.05, 0) is 77.0 Å². The zero-order valence-electron chi connectivity index (χ0n) is 20.8. The quantitative estimate of drug-likeness (QED) is 0.281. The van der Waals surface area contributed by atoms with Crippen LogP contribution >= 0.6 is 0 Å². The van der Waals surface area contributed by atoms with Crippen LogP contribution in [0.3, 0.4) is 0 Å². The Labute approximate surface area is 202 Å². The molecule has 0 atom stereocenters. The van der Waals surface area contributed by atoms with Crippen molar-refractivity contribution in [2.24, 2.45) is 0 Å². The predicted octanol–water partition coefficient (Wildman–Crippen LogP) is 7.53. The van der Waals surface area contributed by atoms with Crippen LogP contribution in [-0.4, -0.2) is 19.1 Å². The number of hydrogen-bond donors (Lipinski definition) is 1. The maximum absolute atomic E-state index is 12.7. The minimum Gasteiger partial charge on any atom is -0.493 e. The number of amides is 1. The number of benzene rings is 2. The second-order valence-electron chi connectivity index (χ2n) is 9.18. The Morgan fingerprint density at radius 2 is 1.97 bits per heavy atom. The zero-order chi connectivity index (χ0) is 24.1. The minimum absolute atomic E-state index is 0.0694. The van der Waals surface area contributed by atoms with Gasteiger partial charge in [-0.1, -0.05) is 41.5 Å². The summed E-state index contributed by atoms with van der Waals surface area (Å²) < 4.78 is 12.0. The molecule has 1 aliphatic rings. The maximum Gasteiger partial charge on any atom is 0.244 e. The largest absolute Gasteiger partial charge is 0.493 e. The molecule has 4 rings (SSSR count). The van der Waals surface area contributed by atoms with Crippen LogP contribution in [0.4, 0.5) is 0 Å². The van der Waals surface area contributed by atoms with Gasteiger partial charge in [0.15, 0.2) is 0 Å². The first-order valence-corrected chi connectivity index (χ1v) is 12.4. The second kappa shape index (κ2) is 10.8. The van der Waals surface area contributed by atoms with Crippen LogP contribution in [0.15, 0.2) is 58.7 Å². The van der Waals surface area contributed by atoms with Crippen LogP contribution < -0.4 is 10.1 Å². The third kappa shape index (κ3) is 5.27. The van der Waals surface area contributed by atoms with E-state index in [2.05, 4.69) is 48.6 Å². The number of carbonyl (C=O) groups excluding carboxylic acids is 1. The molecule has 4 nitrogen and oxygen atoms in total. The van der Waals surface area contributed by atoms with Crippen molar-refractivity contribution in [2.45, 2.75) is 59.8 Å². The molecular weight excluding hydrogens is 422 g/mol. The normalized spacial score (nSPS) is 14.2. The first-order chi connectivity index (χ1) is 16.5. The average Bonchev–Trinajstić information content (AvgIpc) is 3.26. The van der Waals surface area contributed by atoms with Gasteiger partial charge < -0.3 is 14.5 Å². The van der Waals surface area contributed by atoms with E-state index in [1.54, 1.807) is 6.08 Å². The van der Waals surface area contributed by atoms with Crippen molar-refractivity contribution in [3.8, 4) is 16.9 Å². The summed E-state index contributed by atoms with van der Waals surface area (Å²) in [4.78, 5) is 12.7. The van der Waals surface area contributed by atoms with Gasteiger partial charge >= 0.3 is 0 Å². The lowest BCUT2D eigenvalue weighted by molar-refractivity contribution is -0.116. The van der Waals surface area contributed by atoms with E-state index in [9.17, 15) is 4.79 Å². The van der Waals surface area contributed by atoms with Gasteiger partial charge in [0.2, 0.25) is 5.91 Å². The topological polar surface area (TPSA) is 51.5 Å². The summed E-state index contributed by atoms with van der Waals surface area (Å²) in [5.74, 6) is 0.703. The van der Waals surface area contributed by atoms with Crippen molar-refractivity contribution in [2.75, 3.05) is 13.2 Å². The van der Waals surface area contributed by atoms with Gasteiger partial charge in [0.25, 0.3) is 0 Å². The fourth-order valence-corrected chi connectivity index (χ4v) is 4.70. The summed E-state index contributed by atoms with van der Waals surface area (Å²) in [6, 6.07) is 10.5. The van der Waals surface area contributed by atoms with E-state index in [0.717, 1.165) is 57.4 Å². The van der Waals surface area contributed by atoms with Crippen molar-refractivity contribution in [1.29, 1.82) is 0 Å². The molecule has 1 aromatic heterocycles. The molecule has 178 valence electrons. The molecule has 1 amide bonds. The first-order valence-electron chi connectivity index (χ1n) is 12.4. The Hall–Kier alpha value is -3.27. The zero-order valence-corrected chi connectivity index (χ0v) is 20.8. The molecule has 0 radical (unpaired) electrons. The molecule has 0 unspecified atom stereocenters. The molecule has 2 aromatic carbocycles. The predicted molar refractivity (Wildman–Crippen MR) is 140 cm³/mol. The number of aryl methyl sites for hydroxylation is 2. The Bertz CT molecular complexity index is 1230. The van der Waals surface area contributed by atoms with Gasteiger partial charge in [-0.15, -0.1) is 0 Å². The van der Waals surface area contributed by atoms with Crippen molar-refractivity contribution in [3.63, 3.8) is 0 Å². The van der Waals surface area contributed by atoms with Crippen LogP contribution in [0.5, 0.6) is 5.75 Å². The second-order valence-corrected chi connectivity index (χ2v) is 9.18. The minimum atomic E-state index is -0.0694. The molecule has 1 N–H and O–H groups in total. The highest BCUT2D eigenvalue weighted by molar-refractivity contribution is 6.01. The Kier molecular flexibility index (Phi) is 7.56.